The molecule has 2 nitrogen and oxygen atoms in total. The predicted octanol–water partition coefficient (Wildman–Crippen LogP) is 2.94. The van der Waals surface area contributed by atoms with Crippen LogP contribution in [0.25, 0.3) is 0 Å². The zero-order valence-corrected chi connectivity index (χ0v) is 9.90. The highest BCUT2D eigenvalue weighted by molar-refractivity contribution is 7.98. The number of rotatable bonds is 5. The number of anilines is 1. The van der Waals surface area contributed by atoms with Gasteiger partial charge in [-0.3, -0.25) is 0 Å². The normalized spacial score (nSPS) is 12.5. The van der Waals surface area contributed by atoms with Gasteiger partial charge in [-0.05, 0) is 44.4 Å². The monoisotopic (exact) mass is 210 g/mol. The third-order valence-electron chi connectivity index (χ3n) is 2.04. The molecule has 1 heterocycles. The number of hydrogen-bond acceptors (Lipinski definition) is 3. The second kappa shape index (κ2) is 5.91. The maximum Gasteiger partial charge on any atom is 0.126 e. The van der Waals surface area contributed by atoms with Crippen molar-refractivity contribution in [2.45, 2.75) is 26.3 Å². The van der Waals surface area contributed by atoms with Crippen LogP contribution >= 0.6 is 11.8 Å². The lowest BCUT2D eigenvalue weighted by Crippen LogP contribution is -2.16. The molecule has 1 unspecified atom stereocenters. The van der Waals surface area contributed by atoms with Gasteiger partial charge in [0.05, 0.1) is 0 Å². The summed E-state index contributed by atoms with van der Waals surface area (Å²) in [5.41, 5.74) is 1.06. The van der Waals surface area contributed by atoms with Crippen molar-refractivity contribution in [1.29, 1.82) is 0 Å². The number of aromatic nitrogens is 1. The highest BCUT2D eigenvalue weighted by Crippen LogP contribution is 2.08. The van der Waals surface area contributed by atoms with Crippen LogP contribution in [0, 0.1) is 6.92 Å². The van der Waals surface area contributed by atoms with Gasteiger partial charge in [-0.15, -0.1) is 0 Å². The molecule has 0 radical (unpaired) electrons. The Morgan fingerprint density at radius 3 is 2.93 bits per heavy atom. The molecule has 0 bridgehead atoms. The summed E-state index contributed by atoms with van der Waals surface area (Å²) in [6.07, 6.45) is 3.31. The number of nitrogens with zero attached hydrogens (tertiary/aromatic N) is 1. The fraction of sp³-hybridized carbons (Fsp3) is 0.545. The minimum atomic E-state index is 0.497. The van der Waals surface area contributed by atoms with Gasteiger partial charge in [-0.25, -0.2) is 4.98 Å². The van der Waals surface area contributed by atoms with Crippen LogP contribution in [0.2, 0.25) is 0 Å². The first-order chi connectivity index (χ1) is 6.72. The molecule has 14 heavy (non-hydrogen) atoms. The van der Waals surface area contributed by atoms with Crippen LogP contribution in [0.15, 0.2) is 18.2 Å². The van der Waals surface area contributed by atoms with Crippen molar-refractivity contribution < 1.29 is 0 Å². The molecular weight excluding hydrogens is 192 g/mol. The molecule has 1 rings (SSSR count). The minimum Gasteiger partial charge on any atom is -0.368 e. The molecule has 0 saturated carbocycles. The largest absolute Gasteiger partial charge is 0.368 e. The van der Waals surface area contributed by atoms with E-state index in [0.29, 0.717) is 6.04 Å². The summed E-state index contributed by atoms with van der Waals surface area (Å²) in [4.78, 5) is 4.40. The van der Waals surface area contributed by atoms with E-state index in [1.807, 2.05) is 36.9 Å². The molecule has 1 N–H and O–H groups in total. The molecule has 3 heteroatoms. The SMILES string of the molecule is CSCCC(C)Nc1cccc(C)n1. The molecule has 78 valence electrons. The highest BCUT2D eigenvalue weighted by atomic mass is 32.2. The van der Waals surface area contributed by atoms with Gasteiger partial charge in [0.25, 0.3) is 0 Å². The Balaban J connectivity index is 2.43. The number of pyridine rings is 1. The molecule has 1 aromatic heterocycles. The Bertz CT molecular complexity index is 276. The van der Waals surface area contributed by atoms with E-state index in [9.17, 15) is 0 Å². The van der Waals surface area contributed by atoms with E-state index < -0.39 is 0 Å². The molecule has 0 saturated heterocycles. The Labute approximate surface area is 90.5 Å². The molecule has 0 aliphatic carbocycles. The second-order valence-corrected chi connectivity index (χ2v) is 4.48. The number of nitrogens with one attached hydrogen (secondary N) is 1. The number of aryl methyl sites for hydroxylation is 1. The fourth-order valence-corrected chi connectivity index (χ4v) is 1.83. The van der Waals surface area contributed by atoms with Gasteiger partial charge in [0, 0.05) is 11.7 Å². The average molecular weight is 210 g/mol. The van der Waals surface area contributed by atoms with Crippen molar-refractivity contribution in [2.24, 2.45) is 0 Å². The Morgan fingerprint density at radius 2 is 2.29 bits per heavy atom. The molecule has 0 aliphatic heterocycles. The highest BCUT2D eigenvalue weighted by Gasteiger charge is 2.01. The van der Waals surface area contributed by atoms with Crippen molar-refractivity contribution in [3.63, 3.8) is 0 Å². The van der Waals surface area contributed by atoms with Crippen molar-refractivity contribution in [3.8, 4) is 0 Å². The van der Waals surface area contributed by atoms with E-state index in [0.717, 1.165) is 11.5 Å². The molecule has 0 aliphatic rings. The van der Waals surface area contributed by atoms with E-state index >= 15 is 0 Å². The minimum absolute atomic E-state index is 0.497. The number of hydrogen-bond donors (Lipinski definition) is 1. The van der Waals surface area contributed by atoms with Gasteiger partial charge >= 0.3 is 0 Å². The smallest absolute Gasteiger partial charge is 0.126 e. The van der Waals surface area contributed by atoms with E-state index in [2.05, 4.69) is 23.5 Å². The van der Waals surface area contributed by atoms with Gasteiger partial charge in [-0.1, -0.05) is 6.07 Å². The first kappa shape index (κ1) is 11.4. The van der Waals surface area contributed by atoms with E-state index in [1.165, 1.54) is 12.2 Å². The second-order valence-electron chi connectivity index (χ2n) is 3.49. The fourth-order valence-electron chi connectivity index (χ4n) is 1.24. The Kier molecular flexibility index (Phi) is 4.80. The van der Waals surface area contributed by atoms with Gasteiger partial charge in [0.15, 0.2) is 0 Å². The lowest BCUT2D eigenvalue weighted by atomic mass is 10.2. The Hall–Kier alpha value is -0.700. The molecule has 1 atom stereocenters. The van der Waals surface area contributed by atoms with Gasteiger partial charge in [-0.2, -0.15) is 11.8 Å². The third kappa shape index (κ3) is 4.01. The lowest BCUT2D eigenvalue weighted by Gasteiger charge is -2.13. The first-order valence-corrected chi connectivity index (χ1v) is 6.31. The van der Waals surface area contributed by atoms with Crippen LogP contribution in [0.4, 0.5) is 5.82 Å². The molecule has 0 spiro atoms. The molecule has 0 aromatic carbocycles. The quantitative estimate of drug-likeness (QED) is 0.809. The van der Waals surface area contributed by atoms with Crippen LogP contribution in [0.1, 0.15) is 19.0 Å². The van der Waals surface area contributed by atoms with Crippen LogP contribution in [-0.4, -0.2) is 23.0 Å². The van der Waals surface area contributed by atoms with Gasteiger partial charge < -0.3 is 5.32 Å². The molecular formula is C11H18N2S. The maximum absolute atomic E-state index is 4.40. The molecule has 1 aromatic rings. The third-order valence-corrected chi connectivity index (χ3v) is 2.68. The van der Waals surface area contributed by atoms with E-state index in [-0.39, 0.29) is 0 Å². The standard InChI is InChI=1S/C11H18N2S/c1-9-5-4-6-11(12-9)13-10(2)7-8-14-3/h4-6,10H,7-8H2,1-3H3,(H,12,13). The molecule has 0 fully saturated rings. The Morgan fingerprint density at radius 1 is 1.50 bits per heavy atom. The summed E-state index contributed by atoms with van der Waals surface area (Å²) in [5.74, 6) is 2.18. The number of thioether (sulfide) groups is 1. The summed E-state index contributed by atoms with van der Waals surface area (Å²) in [7, 11) is 0. The van der Waals surface area contributed by atoms with Crippen LogP contribution in [0.5, 0.6) is 0 Å². The predicted molar refractivity (Wildman–Crippen MR) is 65.1 cm³/mol. The summed E-state index contributed by atoms with van der Waals surface area (Å²) < 4.78 is 0. The van der Waals surface area contributed by atoms with Crippen molar-refractivity contribution in [2.75, 3.05) is 17.3 Å². The van der Waals surface area contributed by atoms with Crippen LogP contribution in [0.3, 0.4) is 0 Å². The summed E-state index contributed by atoms with van der Waals surface area (Å²) in [5, 5.41) is 3.39. The van der Waals surface area contributed by atoms with Crippen LogP contribution in [-0.2, 0) is 0 Å². The summed E-state index contributed by atoms with van der Waals surface area (Å²) >= 11 is 1.88. The van der Waals surface area contributed by atoms with E-state index in [1.54, 1.807) is 0 Å². The van der Waals surface area contributed by atoms with Crippen molar-refractivity contribution >= 4 is 17.6 Å². The maximum atomic E-state index is 4.40. The zero-order chi connectivity index (χ0) is 10.4. The van der Waals surface area contributed by atoms with Crippen molar-refractivity contribution in [3.05, 3.63) is 23.9 Å². The first-order valence-electron chi connectivity index (χ1n) is 4.91. The lowest BCUT2D eigenvalue weighted by molar-refractivity contribution is 0.766. The van der Waals surface area contributed by atoms with Gasteiger partial charge in [0.2, 0.25) is 0 Å². The van der Waals surface area contributed by atoms with E-state index in [4.69, 9.17) is 0 Å². The van der Waals surface area contributed by atoms with Crippen LogP contribution < -0.4 is 5.32 Å². The van der Waals surface area contributed by atoms with Crippen molar-refractivity contribution in [1.82, 2.24) is 4.98 Å². The summed E-state index contributed by atoms with van der Waals surface area (Å²) in [6.45, 7) is 4.21. The summed E-state index contributed by atoms with van der Waals surface area (Å²) in [6, 6.07) is 6.56. The van der Waals surface area contributed by atoms with Gasteiger partial charge in [0.1, 0.15) is 5.82 Å². The topological polar surface area (TPSA) is 24.9 Å². The average Bonchev–Trinajstić information content (AvgIpc) is 2.15. The zero-order valence-electron chi connectivity index (χ0n) is 9.08. The molecule has 0 amide bonds.